The summed E-state index contributed by atoms with van der Waals surface area (Å²) < 4.78 is 3.32. The number of nitrogens with one attached hydrogen (secondary N) is 2. The molecule has 0 radical (unpaired) electrons. The number of nitrogens with zero attached hydrogens (tertiary/aromatic N) is 6. The van der Waals surface area contributed by atoms with Crippen LogP contribution in [-0.2, 0) is 16.1 Å². The first-order chi connectivity index (χ1) is 12.9. The minimum Gasteiger partial charge on any atom is -0.346 e. The molecule has 10 nitrogen and oxygen atoms in total. The summed E-state index contributed by atoms with van der Waals surface area (Å²) >= 11 is 0. The molecule has 0 bridgehead atoms. The van der Waals surface area contributed by atoms with Crippen molar-refractivity contribution in [2.75, 3.05) is 11.9 Å². The van der Waals surface area contributed by atoms with Crippen molar-refractivity contribution < 1.29 is 9.59 Å². The number of aromatic nitrogens is 6. The van der Waals surface area contributed by atoms with Crippen LogP contribution in [0.15, 0.2) is 30.3 Å². The van der Waals surface area contributed by atoms with Crippen LogP contribution < -0.4 is 10.6 Å². The molecule has 3 rings (SSSR count). The van der Waals surface area contributed by atoms with E-state index in [1.165, 1.54) is 4.68 Å². The van der Waals surface area contributed by atoms with Crippen LogP contribution in [0, 0.1) is 20.8 Å². The van der Waals surface area contributed by atoms with E-state index >= 15 is 0 Å². The lowest BCUT2D eigenvalue weighted by atomic mass is 10.2. The molecule has 1 aromatic carbocycles. The van der Waals surface area contributed by atoms with E-state index in [1.54, 1.807) is 35.9 Å². The standard InChI is InChI=1S/C17H20N8O2/c1-11-9-12(2)24(21-11)8-7-18-16(26)17(27)19-14-5-4-6-15(10-14)25-13(3)20-22-23-25/h4-6,9-10H,7-8H2,1-3H3,(H,18,26)(H,19,27). The summed E-state index contributed by atoms with van der Waals surface area (Å²) in [5.74, 6) is -0.838. The summed E-state index contributed by atoms with van der Waals surface area (Å²) in [7, 11) is 0. The Balaban J connectivity index is 1.56. The van der Waals surface area contributed by atoms with Crippen LogP contribution in [0.4, 0.5) is 5.69 Å². The van der Waals surface area contributed by atoms with E-state index < -0.39 is 11.8 Å². The summed E-state index contributed by atoms with van der Waals surface area (Å²) in [6.45, 7) is 6.40. The lowest BCUT2D eigenvalue weighted by molar-refractivity contribution is -0.136. The molecule has 2 heterocycles. The Kier molecular flexibility index (Phi) is 5.25. The fraction of sp³-hybridized carbons (Fsp3) is 0.294. The van der Waals surface area contributed by atoms with E-state index in [1.807, 2.05) is 19.9 Å². The normalized spacial score (nSPS) is 10.6. The molecule has 2 amide bonds. The van der Waals surface area contributed by atoms with Crippen molar-refractivity contribution in [3.05, 3.63) is 47.5 Å². The molecular formula is C17H20N8O2. The summed E-state index contributed by atoms with van der Waals surface area (Å²) in [6.07, 6.45) is 0. The summed E-state index contributed by atoms with van der Waals surface area (Å²) in [6, 6.07) is 8.86. The highest BCUT2D eigenvalue weighted by molar-refractivity contribution is 6.39. The Morgan fingerprint density at radius 2 is 1.93 bits per heavy atom. The second kappa shape index (κ2) is 7.77. The number of hydrogen-bond donors (Lipinski definition) is 2. The molecule has 0 aliphatic heterocycles. The number of benzene rings is 1. The van der Waals surface area contributed by atoms with Crippen LogP contribution in [0.2, 0.25) is 0 Å². The smallest absolute Gasteiger partial charge is 0.313 e. The van der Waals surface area contributed by atoms with E-state index in [0.717, 1.165) is 11.4 Å². The van der Waals surface area contributed by atoms with E-state index in [-0.39, 0.29) is 0 Å². The minimum absolute atomic E-state index is 0.304. The van der Waals surface area contributed by atoms with Gasteiger partial charge in [0.2, 0.25) is 0 Å². The molecule has 0 unspecified atom stereocenters. The van der Waals surface area contributed by atoms with Gasteiger partial charge in [0.15, 0.2) is 5.82 Å². The van der Waals surface area contributed by atoms with E-state index in [0.29, 0.717) is 30.3 Å². The highest BCUT2D eigenvalue weighted by Crippen LogP contribution is 2.14. The molecule has 2 aromatic heterocycles. The molecular weight excluding hydrogens is 348 g/mol. The number of aryl methyl sites for hydroxylation is 3. The molecule has 2 N–H and O–H groups in total. The average molecular weight is 368 g/mol. The van der Waals surface area contributed by atoms with Gasteiger partial charge in [0, 0.05) is 17.9 Å². The van der Waals surface area contributed by atoms with Crippen molar-refractivity contribution in [2.24, 2.45) is 0 Å². The predicted molar refractivity (Wildman–Crippen MR) is 97.2 cm³/mol. The fourth-order valence-corrected chi connectivity index (χ4v) is 2.63. The Morgan fingerprint density at radius 1 is 1.11 bits per heavy atom. The van der Waals surface area contributed by atoms with Gasteiger partial charge in [-0.25, -0.2) is 0 Å². The highest BCUT2D eigenvalue weighted by Gasteiger charge is 2.14. The Bertz CT molecular complexity index is 975. The first kappa shape index (κ1) is 18.2. The SMILES string of the molecule is Cc1cc(C)n(CCNC(=O)C(=O)Nc2cccc(-n3nnnc3C)c2)n1. The van der Waals surface area contributed by atoms with E-state index in [4.69, 9.17) is 0 Å². The maximum Gasteiger partial charge on any atom is 0.313 e. The van der Waals surface area contributed by atoms with Gasteiger partial charge in [0.05, 0.1) is 17.9 Å². The Labute approximate surface area is 155 Å². The van der Waals surface area contributed by atoms with Crippen molar-refractivity contribution >= 4 is 17.5 Å². The number of carbonyl (C=O) groups excluding carboxylic acids is 2. The first-order valence-electron chi connectivity index (χ1n) is 8.39. The zero-order chi connectivity index (χ0) is 19.4. The van der Waals surface area contributed by atoms with Crippen LogP contribution in [0.25, 0.3) is 5.69 Å². The predicted octanol–water partition coefficient (Wildman–Crippen LogP) is 0.539. The molecule has 3 aromatic rings. The molecule has 0 saturated carbocycles. The van der Waals surface area contributed by atoms with Gasteiger partial charge in [0.1, 0.15) is 0 Å². The quantitative estimate of drug-likeness (QED) is 0.634. The van der Waals surface area contributed by atoms with Gasteiger partial charge in [-0.15, -0.1) is 5.10 Å². The molecule has 0 fully saturated rings. The van der Waals surface area contributed by atoms with Crippen LogP contribution in [0.5, 0.6) is 0 Å². The monoisotopic (exact) mass is 368 g/mol. The van der Waals surface area contributed by atoms with Gasteiger partial charge in [-0.1, -0.05) is 6.07 Å². The lowest BCUT2D eigenvalue weighted by Gasteiger charge is -2.09. The second-order valence-corrected chi connectivity index (χ2v) is 6.05. The van der Waals surface area contributed by atoms with Gasteiger partial charge in [0.25, 0.3) is 0 Å². The molecule has 0 aliphatic carbocycles. The van der Waals surface area contributed by atoms with Crippen LogP contribution in [0.1, 0.15) is 17.2 Å². The topological polar surface area (TPSA) is 120 Å². The number of carbonyl (C=O) groups is 2. The largest absolute Gasteiger partial charge is 0.346 e. The van der Waals surface area contributed by atoms with Crippen LogP contribution in [-0.4, -0.2) is 48.3 Å². The van der Waals surface area contributed by atoms with Crippen molar-refractivity contribution in [2.45, 2.75) is 27.3 Å². The number of rotatable bonds is 5. The summed E-state index contributed by atoms with van der Waals surface area (Å²) in [4.78, 5) is 24.1. The summed E-state index contributed by atoms with van der Waals surface area (Å²) in [5, 5.41) is 20.8. The fourth-order valence-electron chi connectivity index (χ4n) is 2.63. The molecule has 10 heteroatoms. The number of anilines is 1. The molecule has 0 atom stereocenters. The van der Waals surface area contributed by atoms with Gasteiger partial charge >= 0.3 is 11.8 Å². The Hall–Kier alpha value is -3.56. The van der Waals surface area contributed by atoms with Gasteiger partial charge < -0.3 is 10.6 Å². The zero-order valence-corrected chi connectivity index (χ0v) is 15.3. The Morgan fingerprint density at radius 3 is 2.59 bits per heavy atom. The van der Waals surface area contributed by atoms with Crippen LogP contribution >= 0.6 is 0 Å². The van der Waals surface area contributed by atoms with E-state index in [9.17, 15) is 9.59 Å². The number of hydrogen-bond acceptors (Lipinski definition) is 6. The third kappa shape index (κ3) is 4.35. The van der Waals surface area contributed by atoms with Gasteiger partial charge in [-0.05, 0) is 55.5 Å². The molecule has 0 saturated heterocycles. The average Bonchev–Trinajstić information content (AvgIpc) is 3.20. The second-order valence-electron chi connectivity index (χ2n) is 6.05. The maximum atomic E-state index is 12.1. The number of amides is 2. The first-order valence-corrected chi connectivity index (χ1v) is 8.39. The van der Waals surface area contributed by atoms with Crippen molar-refractivity contribution in [1.82, 2.24) is 35.3 Å². The lowest BCUT2D eigenvalue weighted by Crippen LogP contribution is -2.37. The third-order valence-electron chi connectivity index (χ3n) is 3.89. The molecule has 27 heavy (non-hydrogen) atoms. The molecule has 0 spiro atoms. The molecule has 140 valence electrons. The van der Waals surface area contributed by atoms with Crippen molar-refractivity contribution in [3.63, 3.8) is 0 Å². The minimum atomic E-state index is -0.742. The number of tetrazole rings is 1. The van der Waals surface area contributed by atoms with Crippen molar-refractivity contribution in [3.8, 4) is 5.69 Å². The third-order valence-corrected chi connectivity index (χ3v) is 3.89. The van der Waals surface area contributed by atoms with Crippen LogP contribution in [0.3, 0.4) is 0 Å². The zero-order valence-electron chi connectivity index (χ0n) is 15.3. The summed E-state index contributed by atoms with van der Waals surface area (Å²) in [5.41, 5.74) is 3.07. The highest BCUT2D eigenvalue weighted by atomic mass is 16.2. The van der Waals surface area contributed by atoms with Gasteiger partial charge in [-0.2, -0.15) is 9.78 Å². The van der Waals surface area contributed by atoms with E-state index in [2.05, 4.69) is 31.3 Å². The maximum absolute atomic E-state index is 12.1. The van der Waals surface area contributed by atoms with Crippen molar-refractivity contribution in [1.29, 1.82) is 0 Å². The molecule has 0 aliphatic rings. The van der Waals surface area contributed by atoms with Gasteiger partial charge in [-0.3, -0.25) is 14.3 Å².